The summed E-state index contributed by atoms with van der Waals surface area (Å²) in [5.41, 5.74) is 2.70. The number of hydrogen-bond acceptors (Lipinski definition) is 2. The van der Waals surface area contributed by atoms with Crippen LogP contribution in [-0.4, -0.2) is 48.1 Å². The van der Waals surface area contributed by atoms with E-state index in [-0.39, 0.29) is 6.03 Å². The smallest absolute Gasteiger partial charge is 0.317 e. The largest absolute Gasteiger partial charge is 0.338 e. The third-order valence-corrected chi connectivity index (χ3v) is 4.64. The number of likely N-dealkylation sites (tertiary alicyclic amines) is 1. The van der Waals surface area contributed by atoms with Gasteiger partial charge in [-0.05, 0) is 31.7 Å². The molecule has 2 aliphatic heterocycles. The van der Waals surface area contributed by atoms with E-state index in [2.05, 4.69) is 41.4 Å². The minimum Gasteiger partial charge on any atom is -0.338 e. The molecule has 0 saturated carbocycles. The highest BCUT2D eigenvalue weighted by molar-refractivity contribution is 5.75. The van der Waals surface area contributed by atoms with Crippen molar-refractivity contribution in [3.05, 3.63) is 35.4 Å². The van der Waals surface area contributed by atoms with Crippen LogP contribution in [0.4, 0.5) is 4.79 Å². The van der Waals surface area contributed by atoms with Crippen molar-refractivity contribution < 1.29 is 4.79 Å². The van der Waals surface area contributed by atoms with E-state index in [1.54, 1.807) is 0 Å². The van der Waals surface area contributed by atoms with Crippen molar-refractivity contribution >= 4 is 6.03 Å². The molecule has 0 spiro atoms. The maximum atomic E-state index is 11.9. The monoisotopic (exact) mass is 287 g/mol. The normalized spacial score (nSPS) is 21.4. The summed E-state index contributed by atoms with van der Waals surface area (Å²) in [6.07, 6.45) is 3.27. The van der Waals surface area contributed by atoms with E-state index < -0.39 is 0 Å². The van der Waals surface area contributed by atoms with E-state index in [1.165, 1.54) is 11.1 Å². The van der Waals surface area contributed by atoms with E-state index in [4.69, 9.17) is 0 Å². The molecule has 114 valence electrons. The number of urea groups is 1. The summed E-state index contributed by atoms with van der Waals surface area (Å²) in [4.78, 5) is 16.5. The highest BCUT2D eigenvalue weighted by atomic mass is 16.2. The molecule has 3 rings (SSSR count). The number of benzene rings is 1. The molecular weight excluding hydrogens is 262 g/mol. The Hall–Kier alpha value is -1.55. The fraction of sp³-hybridized carbons (Fsp3) is 0.588. The Bertz CT molecular complexity index is 477. The van der Waals surface area contributed by atoms with E-state index in [1.807, 2.05) is 4.90 Å². The zero-order chi connectivity index (χ0) is 14.7. The molecule has 1 N–H and O–H groups in total. The summed E-state index contributed by atoms with van der Waals surface area (Å²) in [5, 5.41) is 2.96. The number of carbonyl (C=O) groups is 1. The Balaban J connectivity index is 1.50. The number of nitrogens with zero attached hydrogens (tertiary/aromatic N) is 2. The molecule has 1 aromatic rings. The van der Waals surface area contributed by atoms with Crippen molar-refractivity contribution in [3.63, 3.8) is 0 Å². The van der Waals surface area contributed by atoms with Gasteiger partial charge in [-0.1, -0.05) is 29.8 Å². The standard InChI is InChI=1S/C17H25N3O/c1-14-3-5-15(6-4-14)13-19-11-7-16(8-12-19)20-10-2-9-18-17(20)21/h3-6,16H,2,7-13H2,1H3,(H,18,21). The van der Waals surface area contributed by atoms with Crippen molar-refractivity contribution in [1.82, 2.24) is 15.1 Å². The van der Waals surface area contributed by atoms with Crippen molar-refractivity contribution in [2.24, 2.45) is 0 Å². The topological polar surface area (TPSA) is 35.6 Å². The number of aryl methyl sites for hydroxylation is 1. The summed E-state index contributed by atoms with van der Waals surface area (Å²) >= 11 is 0. The third-order valence-electron chi connectivity index (χ3n) is 4.64. The average Bonchev–Trinajstić information content (AvgIpc) is 2.51. The summed E-state index contributed by atoms with van der Waals surface area (Å²) in [6, 6.07) is 9.37. The Morgan fingerprint density at radius 1 is 1.14 bits per heavy atom. The quantitative estimate of drug-likeness (QED) is 0.926. The molecule has 2 aliphatic rings. The van der Waals surface area contributed by atoms with Gasteiger partial charge in [0.25, 0.3) is 0 Å². The van der Waals surface area contributed by atoms with Gasteiger partial charge in [-0.2, -0.15) is 0 Å². The van der Waals surface area contributed by atoms with Crippen LogP contribution in [0.1, 0.15) is 30.4 Å². The molecule has 0 bridgehead atoms. The molecule has 0 atom stereocenters. The second-order valence-corrected chi connectivity index (χ2v) is 6.27. The van der Waals surface area contributed by atoms with Crippen molar-refractivity contribution in [1.29, 1.82) is 0 Å². The second kappa shape index (κ2) is 6.48. The van der Waals surface area contributed by atoms with Gasteiger partial charge >= 0.3 is 6.03 Å². The number of rotatable bonds is 3. The minimum atomic E-state index is 0.137. The molecule has 2 amide bonds. The predicted molar refractivity (Wildman–Crippen MR) is 84.2 cm³/mol. The first-order valence-corrected chi connectivity index (χ1v) is 8.05. The maximum absolute atomic E-state index is 11.9. The van der Waals surface area contributed by atoms with E-state index in [0.29, 0.717) is 6.04 Å². The second-order valence-electron chi connectivity index (χ2n) is 6.27. The average molecular weight is 287 g/mol. The molecule has 21 heavy (non-hydrogen) atoms. The summed E-state index contributed by atoms with van der Waals surface area (Å²) < 4.78 is 0. The number of piperidine rings is 1. The van der Waals surface area contributed by atoms with Crippen molar-refractivity contribution in [3.8, 4) is 0 Å². The van der Waals surface area contributed by atoms with Gasteiger partial charge in [0.15, 0.2) is 0 Å². The summed E-state index contributed by atoms with van der Waals surface area (Å²) in [5.74, 6) is 0. The molecule has 0 aliphatic carbocycles. The highest BCUT2D eigenvalue weighted by Gasteiger charge is 2.29. The molecular formula is C17H25N3O. The summed E-state index contributed by atoms with van der Waals surface area (Å²) in [6.45, 7) is 7.08. The first-order valence-electron chi connectivity index (χ1n) is 8.05. The fourth-order valence-corrected chi connectivity index (χ4v) is 3.34. The fourth-order valence-electron chi connectivity index (χ4n) is 3.34. The van der Waals surface area contributed by atoms with Gasteiger partial charge < -0.3 is 10.2 Å². The van der Waals surface area contributed by atoms with Gasteiger partial charge in [0.05, 0.1) is 0 Å². The number of nitrogens with one attached hydrogen (secondary N) is 1. The lowest BCUT2D eigenvalue weighted by molar-refractivity contribution is 0.109. The molecule has 1 aromatic carbocycles. The Labute approximate surface area is 127 Å². The maximum Gasteiger partial charge on any atom is 0.317 e. The Kier molecular flexibility index (Phi) is 4.44. The molecule has 2 fully saturated rings. The molecule has 4 heteroatoms. The molecule has 4 nitrogen and oxygen atoms in total. The minimum absolute atomic E-state index is 0.137. The first-order chi connectivity index (χ1) is 10.2. The van der Waals surface area contributed by atoms with E-state index in [9.17, 15) is 4.79 Å². The van der Waals surface area contributed by atoms with E-state index >= 15 is 0 Å². The van der Waals surface area contributed by atoms with Crippen molar-refractivity contribution in [2.75, 3.05) is 26.2 Å². The van der Waals surface area contributed by atoms with Gasteiger partial charge in [-0.25, -0.2) is 4.79 Å². The lowest BCUT2D eigenvalue weighted by Crippen LogP contribution is -2.54. The Morgan fingerprint density at radius 2 is 1.86 bits per heavy atom. The lowest BCUT2D eigenvalue weighted by Gasteiger charge is -2.40. The first kappa shape index (κ1) is 14.4. The van der Waals surface area contributed by atoms with Crippen LogP contribution in [0.5, 0.6) is 0 Å². The van der Waals surface area contributed by atoms with E-state index in [0.717, 1.165) is 52.0 Å². The van der Waals surface area contributed by atoms with Crippen LogP contribution in [-0.2, 0) is 6.54 Å². The third kappa shape index (κ3) is 3.56. The number of carbonyl (C=O) groups excluding carboxylic acids is 1. The van der Waals surface area contributed by atoms with Gasteiger partial charge in [-0.15, -0.1) is 0 Å². The molecule has 0 radical (unpaired) electrons. The van der Waals surface area contributed by atoms with Crippen LogP contribution in [0.3, 0.4) is 0 Å². The van der Waals surface area contributed by atoms with Crippen LogP contribution in [0.25, 0.3) is 0 Å². The van der Waals surface area contributed by atoms with Crippen LogP contribution < -0.4 is 5.32 Å². The predicted octanol–water partition coefficient (Wildman–Crippen LogP) is 2.37. The summed E-state index contributed by atoms with van der Waals surface area (Å²) in [7, 11) is 0. The SMILES string of the molecule is Cc1ccc(CN2CCC(N3CCCNC3=O)CC2)cc1. The van der Waals surface area contributed by atoms with Gasteiger partial charge in [-0.3, -0.25) is 4.90 Å². The highest BCUT2D eigenvalue weighted by Crippen LogP contribution is 2.20. The zero-order valence-electron chi connectivity index (χ0n) is 12.8. The molecule has 0 aromatic heterocycles. The van der Waals surface area contributed by atoms with Crippen LogP contribution in [0, 0.1) is 6.92 Å². The molecule has 2 heterocycles. The van der Waals surface area contributed by atoms with Crippen LogP contribution >= 0.6 is 0 Å². The van der Waals surface area contributed by atoms with Gasteiger partial charge in [0.1, 0.15) is 0 Å². The zero-order valence-corrected chi connectivity index (χ0v) is 12.8. The van der Waals surface area contributed by atoms with Crippen molar-refractivity contribution in [2.45, 2.75) is 38.8 Å². The van der Waals surface area contributed by atoms with Gasteiger partial charge in [0.2, 0.25) is 0 Å². The number of amides is 2. The van der Waals surface area contributed by atoms with Gasteiger partial charge in [0, 0.05) is 38.8 Å². The Morgan fingerprint density at radius 3 is 2.52 bits per heavy atom. The van der Waals surface area contributed by atoms with Crippen LogP contribution in [0.2, 0.25) is 0 Å². The van der Waals surface area contributed by atoms with Crippen LogP contribution in [0.15, 0.2) is 24.3 Å². The number of hydrogen-bond donors (Lipinski definition) is 1. The lowest BCUT2D eigenvalue weighted by atomic mass is 10.0. The molecule has 0 unspecified atom stereocenters. The molecule has 2 saturated heterocycles.